The average Bonchev–Trinajstić information content (AvgIpc) is 2.22. The van der Waals surface area contributed by atoms with E-state index in [9.17, 15) is 0 Å². The Bertz CT molecular complexity index is 297. The molecule has 0 aliphatic heterocycles. The van der Waals surface area contributed by atoms with Gasteiger partial charge in [0, 0.05) is 0 Å². The summed E-state index contributed by atoms with van der Waals surface area (Å²) in [7, 11) is 0. The van der Waals surface area contributed by atoms with Crippen LogP contribution in [0.5, 0.6) is 0 Å². The van der Waals surface area contributed by atoms with Crippen molar-refractivity contribution < 1.29 is 39.0 Å². The molecule has 19 heavy (non-hydrogen) atoms. The van der Waals surface area contributed by atoms with Crippen LogP contribution in [0.3, 0.4) is 0 Å². The van der Waals surface area contributed by atoms with Crippen molar-refractivity contribution in [3.05, 3.63) is 0 Å². The summed E-state index contributed by atoms with van der Waals surface area (Å²) in [5, 5.41) is 36.4. The zero-order valence-corrected chi connectivity index (χ0v) is 8.34. The molecule has 0 heterocycles. The van der Waals surface area contributed by atoms with Crippen molar-refractivity contribution in [2.75, 3.05) is 0 Å². The summed E-state index contributed by atoms with van der Waals surface area (Å²) in [6.07, 6.45) is 3.00. The summed E-state index contributed by atoms with van der Waals surface area (Å²) < 4.78 is 0. The van der Waals surface area contributed by atoms with Crippen molar-refractivity contribution in [2.45, 2.75) is 0 Å². The number of rotatable bonds is 0. The normalized spacial score (nSPS) is 4.00. The topological polar surface area (TPSA) is 238 Å². The standard InChI is InChI=1S/C2H2O4.4CHNO.K.H/c3-1(4)2(5)6;4*2-1-3;;/h(H,3,4)(H,5,6);4*2H;;. The van der Waals surface area contributed by atoms with Gasteiger partial charge in [-0.1, -0.05) is 0 Å². The Morgan fingerprint density at radius 3 is 0.684 bits per heavy atom. The second-order valence-electron chi connectivity index (χ2n) is 1.02. The molecule has 6 N–H and O–H groups in total. The van der Waals surface area contributed by atoms with E-state index in [1.807, 2.05) is 0 Å². The van der Waals surface area contributed by atoms with Gasteiger partial charge >= 0.3 is 63.3 Å². The maximum absolute atomic E-state index is 9.10. The zero-order chi connectivity index (χ0) is 16.0. The summed E-state index contributed by atoms with van der Waals surface area (Å²) in [6.45, 7) is 0. The van der Waals surface area contributed by atoms with Crippen molar-refractivity contribution in [2.24, 2.45) is 0 Å². The first-order chi connectivity index (χ1) is 8.30. The zero-order valence-electron chi connectivity index (χ0n) is 8.34. The summed E-state index contributed by atoms with van der Waals surface area (Å²) in [5.41, 5.74) is 0. The molecule has 0 aromatic rings. The molecule has 0 saturated heterocycles. The third-order valence-electron chi connectivity index (χ3n) is 0.183. The molecule has 0 unspecified atom stereocenters. The number of carboxylic acids is 2. The third-order valence-corrected chi connectivity index (χ3v) is 0.183. The Morgan fingerprint density at radius 2 is 0.684 bits per heavy atom. The molecule has 0 radical (unpaired) electrons. The number of hydrogen-bond acceptors (Lipinski definition) is 10. The Balaban J connectivity index is -0.0000000287. The summed E-state index contributed by atoms with van der Waals surface area (Å²) >= 11 is 0. The van der Waals surface area contributed by atoms with Crippen LogP contribution in [0.2, 0.25) is 0 Å². The van der Waals surface area contributed by atoms with Gasteiger partial charge in [-0.2, -0.15) is 0 Å². The first-order valence-corrected chi connectivity index (χ1v) is 2.92. The Kier molecular flexibility index (Phi) is 106. The van der Waals surface area contributed by atoms with Crippen molar-refractivity contribution in [1.29, 1.82) is 21.6 Å². The molecule has 0 aromatic carbocycles. The second kappa shape index (κ2) is 56.0. The maximum atomic E-state index is 9.10. The Labute approximate surface area is 147 Å². The number of carbonyl (C=O) groups excluding carboxylic acids is 4. The number of nitrogens with one attached hydrogen (secondary N) is 4. The van der Waals surface area contributed by atoms with E-state index in [1.165, 1.54) is 0 Å². The number of isocyanates is 4. The average molecular weight is 302 g/mol. The van der Waals surface area contributed by atoms with E-state index in [1.54, 1.807) is 0 Å². The SMILES string of the molecule is N=C=O.N=C=O.N=C=O.N=C=O.O=C(O)C(=O)O.[KH]. The minimum absolute atomic E-state index is 0. The summed E-state index contributed by atoms with van der Waals surface area (Å²) in [5.74, 6) is -3.65. The van der Waals surface area contributed by atoms with Gasteiger partial charge in [0.05, 0.1) is 0 Å². The van der Waals surface area contributed by atoms with E-state index in [4.69, 9.17) is 60.6 Å². The fraction of sp³-hybridized carbons (Fsp3) is 0. The quantitative estimate of drug-likeness (QED) is 0.127. The molecule has 0 bridgehead atoms. The molecule has 0 atom stereocenters. The third kappa shape index (κ3) is 728. The van der Waals surface area contributed by atoms with Crippen molar-refractivity contribution in [3.63, 3.8) is 0 Å². The van der Waals surface area contributed by atoms with Crippen LogP contribution in [0.1, 0.15) is 0 Å². The molecule has 0 spiro atoms. The molecule has 0 fully saturated rings. The van der Waals surface area contributed by atoms with Gasteiger partial charge in [0.1, 0.15) is 0 Å². The van der Waals surface area contributed by atoms with Gasteiger partial charge in [0.25, 0.3) is 0 Å². The van der Waals surface area contributed by atoms with Gasteiger partial charge in [0.15, 0.2) is 0 Å². The van der Waals surface area contributed by atoms with Crippen molar-refractivity contribution in [1.82, 2.24) is 0 Å². The first-order valence-electron chi connectivity index (χ1n) is 2.92. The fourth-order valence-electron chi connectivity index (χ4n) is 0. The molecule has 0 saturated carbocycles. The van der Waals surface area contributed by atoms with Gasteiger partial charge in [0.2, 0.25) is 24.3 Å². The van der Waals surface area contributed by atoms with E-state index in [2.05, 4.69) is 0 Å². The molecule has 13 heteroatoms. The Morgan fingerprint density at radius 1 is 0.632 bits per heavy atom. The second-order valence-corrected chi connectivity index (χ2v) is 1.02. The van der Waals surface area contributed by atoms with Crippen LogP contribution in [0, 0.1) is 21.6 Å². The molecule has 100 valence electrons. The molecule has 0 aliphatic rings. The monoisotopic (exact) mass is 302 g/mol. The van der Waals surface area contributed by atoms with Crippen molar-refractivity contribution in [3.8, 4) is 0 Å². The van der Waals surface area contributed by atoms with Crippen LogP contribution in [0.15, 0.2) is 0 Å². The molecule has 0 aliphatic carbocycles. The number of aliphatic carboxylic acids is 2. The van der Waals surface area contributed by atoms with E-state index in [-0.39, 0.29) is 51.4 Å². The van der Waals surface area contributed by atoms with Gasteiger partial charge < -0.3 is 10.2 Å². The van der Waals surface area contributed by atoms with Gasteiger partial charge in [-0.3, -0.25) is 0 Å². The number of carboxylic acid groups (broad SMARTS) is 2. The molecule has 12 nitrogen and oxygen atoms in total. The number of hydrogen-bond donors (Lipinski definition) is 6. The molecule has 0 rings (SSSR count). The van der Waals surface area contributed by atoms with E-state index >= 15 is 0 Å². The molecule has 0 aromatic heterocycles. The molecular weight excluding hydrogens is 295 g/mol. The fourth-order valence-corrected chi connectivity index (χ4v) is 0. The van der Waals surface area contributed by atoms with E-state index in [0.717, 1.165) is 24.3 Å². The molecule has 0 amide bonds. The minimum atomic E-state index is -1.82. The van der Waals surface area contributed by atoms with Gasteiger partial charge in [-0.15, -0.1) is 0 Å². The van der Waals surface area contributed by atoms with E-state index in [0.29, 0.717) is 0 Å². The summed E-state index contributed by atoms with van der Waals surface area (Å²) in [4.78, 5) is 51.6. The van der Waals surface area contributed by atoms with Crippen LogP contribution in [-0.2, 0) is 28.8 Å². The Hall–Kier alpha value is -1.90. The van der Waals surface area contributed by atoms with Crippen LogP contribution < -0.4 is 0 Å². The summed E-state index contributed by atoms with van der Waals surface area (Å²) in [6, 6.07) is 0. The number of carbonyl (C=O) groups is 2. The van der Waals surface area contributed by atoms with Crippen LogP contribution in [0.25, 0.3) is 0 Å². The van der Waals surface area contributed by atoms with Crippen LogP contribution in [-0.4, -0.2) is 97.9 Å². The van der Waals surface area contributed by atoms with Crippen molar-refractivity contribution >= 4 is 87.6 Å². The van der Waals surface area contributed by atoms with Gasteiger partial charge in [-0.05, 0) is 0 Å². The van der Waals surface area contributed by atoms with Crippen LogP contribution in [0.4, 0.5) is 0 Å². The predicted octanol–water partition coefficient (Wildman–Crippen LogP) is -1.89. The first kappa shape index (κ1) is 36.0. The predicted molar refractivity (Wildman–Crippen MR) is 56.1 cm³/mol. The van der Waals surface area contributed by atoms with E-state index < -0.39 is 11.9 Å². The molecular formula is C6H7KN4O8. The van der Waals surface area contributed by atoms with Gasteiger partial charge in [-0.25, -0.2) is 50.4 Å². The van der Waals surface area contributed by atoms with Crippen LogP contribution >= 0.6 is 0 Å².